The SMILES string of the molecule is CC1CCCCCC(=O)OCc2[nH]c(nc2-c2ccc(Br)cc2)C2CCCN2C1=O.COC(=O)NC(CCCCCC(=O)OCC1c2ccccc2-c2ccccc21)C(=O)N1CCCC1c1nc(-c2ccc(Br)cc2)c(CO)n1COCC[Si](C)(C)C. The zero-order valence-corrected chi connectivity index (χ0v) is 55.0. The number of aliphatic hydroxyl groups is 1. The summed E-state index contributed by atoms with van der Waals surface area (Å²) in [4.78, 5) is 82.2. The van der Waals surface area contributed by atoms with Gasteiger partial charge in [-0.25, -0.2) is 14.8 Å². The van der Waals surface area contributed by atoms with E-state index in [-0.39, 0.29) is 80.6 Å². The summed E-state index contributed by atoms with van der Waals surface area (Å²) in [6, 6.07) is 32.0. The van der Waals surface area contributed by atoms with Crippen molar-refractivity contribution in [3.05, 3.63) is 140 Å². The minimum atomic E-state index is -1.34. The molecule has 0 saturated carbocycles. The number of hydrogen-bond donors (Lipinski definition) is 3. The van der Waals surface area contributed by atoms with Crippen molar-refractivity contribution in [2.75, 3.05) is 33.4 Å². The lowest BCUT2D eigenvalue weighted by Gasteiger charge is -2.29. The van der Waals surface area contributed by atoms with Crippen molar-refractivity contribution in [2.24, 2.45) is 5.92 Å². The molecule has 3 N–H and O–H groups in total. The molecule has 4 aromatic carbocycles. The third-order valence-corrected chi connectivity index (χ3v) is 19.8. The van der Waals surface area contributed by atoms with E-state index < -0.39 is 20.2 Å². The molecular weight excluding hydrogens is 1250 g/mol. The van der Waals surface area contributed by atoms with Gasteiger partial charge in [0.1, 0.15) is 37.6 Å². The Hall–Kier alpha value is -6.45. The molecule has 2 bridgehead atoms. The minimum Gasteiger partial charge on any atom is -0.465 e. The molecular formula is C67H83Br2N7O10Si. The van der Waals surface area contributed by atoms with Gasteiger partial charge in [0.2, 0.25) is 11.8 Å². The number of alkyl carbamates (subject to hydrolysis) is 1. The first-order valence-corrected chi connectivity index (χ1v) is 36.1. The smallest absolute Gasteiger partial charge is 0.407 e. The van der Waals surface area contributed by atoms with E-state index in [9.17, 15) is 29.1 Å². The van der Waals surface area contributed by atoms with Crippen LogP contribution in [0.1, 0.15) is 149 Å². The van der Waals surface area contributed by atoms with Crippen molar-refractivity contribution in [1.29, 1.82) is 0 Å². The van der Waals surface area contributed by atoms with Crippen LogP contribution in [-0.2, 0) is 58.1 Å². The number of carbonyl (C=O) groups excluding carboxylic acids is 5. The molecule has 2 fully saturated rings. The summed E-state index contributed by atoms with van der Waals surface area (Å²) < 4.78 is 26.3. The minimum absolute atomic E-state index is 0.00932. The zero-order chi connectivity index (χ0) is 61.6. The summed E-state index contributed by atoms with van der Waals surface area (Å²) in [6.07, 6.45) is 9.09. The van der Waals surface area contributed by atoms with Gasteiger partial charge in [0.05, 0.1) is 48.6 Å². The first-order valence-electron chi connectivity index (χ1n) is 30.8. The van der Waals surface area contributed by atoms with Crippen molar-refractivity contribution in [3.63, 3.8) is 0 Å². The zero-order valence-electron chi connectivity index (χ0n) is 50.8. The number of likely N-dealkylation sites (tertiary alicyclic amines) is 1. The third-order valence-electron chi connectivity index (χ3n) is 17.0. The predicted octanol–water partition coefficient (Wildman–Crippen LogP) is 14.0. The summed E-state index contributed by atoms with van der Waals surface area (Å²) in [5, 5.41) is 13.5. The summed E-state index contributed by atoms with van der Waals surface area (Å²) in [7, 11) is -0.0609. The number of ether oxygens (including phenoxy) is 4. The number of fused-ring (bicyclic) bond motifs is 7. The van der Waals surface area contributed by atoms with Gasteiger partial charge in [-0.3, -0.25) is 19.2 Å². The van der Waals surface area contributed by atoms with Gasteiger partial charge in [0.25, 0.3) is 0 Å². The first kappa shape index (κ1) is 65.0. The van der Waals surface area contributed by atoms with Gasteiger partial charge < -0.3 is 48.7 Å². The summed E-state index contributed by atoms with van der Waals surface area (Å²) in [5.74, 6) is 0.990. The number of cyclic esters (lactones) is 1. The molecule has 4 aliphatic rings. The molecule has 20 heteroatoms. The van der Waals surface area contributed by atoms with Crippen molar-refractivity contribution < 1.29 is 48.0 Å². The number of amides is 3. The van der Waals surface area contributed by atoms with Gasteiger partial charge in [-0.05, 0) is 104 Å². The largest absolute Gasteiger partial charge is 0.465 e. The molecule has 0 spiro atoms. The predicted molar refractivity (Wildman–Crippen MR) is 344 cm³/mol. The normalized spacial score (nSPS) is 18.3. The Kier molecular flexibility index (Phi) is 22.9. The Balaban J connectivity index is 0.000000251. The lowest BCUT2D eigenvalue weighted by atomic mass is 9.98. The van der Waals surface area contributed by atoms with Crippen molar-refractivity contribution >= 4 is 69.8 Å². The molecule has 2 aromatic heterocycles. The number of aliphatic hydroxyl groups excluding tert-OH is 1. The molecule has 17 nitrogen and oxygen atoms in total. The molecule has 464 valence electrons. The Morgan fingerprint density at radius 3 is 2.11 bits per heavy atom. The molecule has 3 amide bonds. The first-order chi connectivity index (χ1) is 42.0. The number of carbonyl (C=O) groups is 5. The monoisotopic (exact) mass is 1330 g/mol. The van der Waals surface area contributed by atoms with Crippen molar-refractivity contribution in [3.8, 4) is 33.6 Å². The molecule has 4 atom stereocenters. The maximum absolute atomic E-state index is 14.4. The van der Waals surface area contributed by atoms with E-state index in [1.54, 1.807) is 4.90 Å². The van der Waals surface area contributed by atoms with Crippen LogP contribution in [0.4, 0.5) is 4.79 Å². The average Bonchev–Trinajstić information content (AvgIpc) is 1.87. The van der Waals surface area contributed by atoms with E-state index in [0.29, 0.717) is 68.9 Å². The number of methoxy groups -OCH3 is 1. The highest BCUT2D eigenvalue weighted by molar-refractivity contribution is 9.10. The maximum atomic E-state index is 14.4. The van der Waals surface area contributed by atoms with Crippen LogP contribution in [0.3, 0.4) is 0 Å². The molecule has 3 aliphatic heterocycles. The Morgan fingerprint density at radius 1 is 0.793 bits per heavy atom. The fourth-order valence-corrected chi connectivity index (χ4v) is 13.5. The second-order valence-electron chi connectivity index (χ2n) is 24.4. The molecule has 0 radical (unpaired) electrons. The lowest BCUT2D eigenvalue weighted by Crippen LogP contribution is -2.48. The van der Waals surface area contributed by atoms with Crippen LogP contribution in [0.5, 0.6) is 0 Å². The van der Waals surface area contributed by atoms with Crippen LogP contribution < -0.4 is 5.32 Å². The van der Waals surface area contributed by atoms with Crippen molar-refractivity contribution in [1.82, 2.24) is 34.6 Å². The Morgan fingerprint density at radius 2 is 1.45 bits per heavy atom. The number of esters is 2. The van der Waals surface area contributed by atoms with E-state index >= 15 is 0 Å². The number of halogens is 2. The highest BCUT2D eigenvalue weighted by atomic mass is 79.9. The van der Waals surface area contributed by atoms with Gasteiger partial charge in [-0.2, -0.15) is 0 Å². The lowest BCUT2D eigenvalue weighted by molar-refractivity contribution is -0.145. The number of unbranched alkanes of at least 4 members (excludes halogenated alkanes) is 2. The fourth-order valence-electron chi connectivity index (χ4n) is 12.3. The second kappa shape index (κ2) is 30.6. The number of nitrogens with zero attached hydrogens (tertiary/aromatic N) is 5. The number of hydrogen-bond acceptors (Lipinski definition) is 12. The quantitative estimate of drug-likeness (QED) is 0.0300. The highest BCUT2D eigenvalue weighted by Gasteiger charge is 2.39. The van der Waals surface area contributed by atoms with Gasteiger partial charge in [0, 0.05) is 72.5 Å². The highest BCUT2D eigenvalue weighted by Crippen LogP contribution is 2.45. The van der Waals surface area contributed by atoms with Crippen LogP contribution in [0.25, 0.3) is 33.6 Å². The number of aromatic nitrogens is 4. The Labute approximate surface area is 529 Å². The number of rotatable bonds is 19. The summed E-state index contributed by atoms with van der Waals surface area (Å²) in [6.45, 7) is 11.2. The molecule has 10 rings (SSSR count). The van der Waals surface area contributed by atoms with Crippen LogP contribution in [0.2, 0.25) is 25.7 Å². The summed E-state index contributed by atoms with van der Waals surface area (Å²) >= 11 is 6.98. The molecule has 2 saturated heterocycles. The van der Waals surface area contributed by atoms with E-state index in [4.69, 9.17) is 28.9 Å². The molecule has 5 heterocycles. The van der Waals surface area contributed by atoms with Crippen molar-refractivity contribution in [2.45, 2.75) is 166 Å². The topological polar surface area (TPSA) is 208 Å². The molecule has 87 heavy (non-hydrogen) atoms. The van der Waals surface area contributed by atoms with E-state index in [0.717, 1.165) is 94.8 Å². The van der Waals surface area contributed by atoms with Crippen LogP contribution in [-0.4, -0.2) is 112 Å². The standard InChI is InChI=1S/C44H55BrN4O7Si.C23H28BrN3O3/c1-54-44(53)46-37(17-6-5-7-19-40(51)56-28-36-34-15-10-8-13-32(34)33-14-9-11-16-35(33)36)43(52)48-24-12-18-38(48)42-47-41(30-20-22-31(45)23-21-30)39(27-50)49(42)29-55-25-26-57(2,3)4;1-15-6-3-2-4-8-20(28)30-14-18-21(16-9-11-17(24)12-10-16)26-22(25-18)19-7-5-13-27(19)23(15)29/h8-11,13-16,20-23,36-38,50H,5-7,12,17-19,24-29H2,1-4H3,(H,46,53);9-12,15,19H,2-8,13-14H2,1H3,(H,25,26). The summed E-state index contributed by atoms with van der Waals surface area (Å²) in [5.41, 5.74) is 9.36. The van der Waals surface area contributed by atoms with Crippen LogP contribution in [0.15, 0.2) is 106 Å². The Bertz CT molecular complexity index is 3280. The second-order valence-corrected chi connectivity index (χ2v) is 31.9. The molecule has 4 unspecified atom stereocenters. The van der Waals surface area contributed by atoms with Gasteiger partial charge >= 0.3 is 18.0 Å². The number of nitrogens with one attached hydrogen (secondary N) is 2. The van der Waals surface area contributed by atoms with E-state index in [1.165, 1.54) is 29.4 Å². The third kappa shape index (κ3) is 16.6. The van der Waals surface area contributed by atoms with E-state index in [1.807, 2.05) is 89.2 Å². The number of benzene rings is 4. The molecule has 1 aliphatic carbocycles. The maximum Gasteiger partial charge on any atom is 0.407 e. The fraction of sp³-hybridized carbons (Fsp3) is 0.478. The van der Waals surface area contributed by atoms with Gasteiger partial charge in [0.15, 0.2) is 0 Å². The average molecular weight is 1330 g/mol. The molecule has 6 aromatic rings. The van der Waals surface area contributed by atoms with Gasteiger partial charge in [-0.1, -0.05) is 157 Å². The van der Waals surface area contributed by atoms with Gasteiger partial charge in [-0.15, -0.1) is 0 Å². The number of imidazole rings is 2. The van der Waals surface area contributed by atoms with E-state index in [2.05, 4.69) is 86.1 Å². The number of H-pyrrole nitrogens is 1. The van der Waals surface area contributed by atoms with Crippen LogP contribution in [0, 0.1) is 5.92 Å². The number of aromatic amines is 1. The van der Waals surface area contributed by atoms with Crippen LogP contribution >= 0.6 is 31.9 Å².